The number of nitrogens with one attached hydrogen (secondary N) is 1. The molecule has 2 N–H and O–H groups in total. The van der Waals surface area contributed by atoms with E-state index in [0.717, 1.165) is 0 Å². The number of hydrogen-bond acceptors (Lipinski definition) is 4. The normalized spacial score (nSPS) is 13.7. The molecular weight excluding hydrogens is 274 g/mol. The summed E-state index contributed by atoms with van der Waals surface area (Å²) in [7, 11) is 0. The fourth-order valence-corrected chi connectivity index (χ4v) is 1.43. The molecule has 0 saturated carbocycles. The zero-order valence-corrected chi connectivity index (χ0v) is 10.9. The van der Waals surface area contributed by atoms with E-state index in [1.807, 2.05) is 0 Å². The van der Waals surface area contributed by atoms with E-state index in [-0.39, 0.29) is 12.7 Å². The van der Waals surface area contributed by atoms with Gasteiger partial charge in [-0.25, -0.2) is 4.39 Å². The Labute approximate surface area is 113 Å². The van der Waals surface area contributed by atoms with Crippen molar-refractivity contribution in [2.45, 2.75) is 25.8 Å². The van der Waals surface area contributed by atoms with Crippen molar-refractivity contribution < 1.29 is 23.6 Å². The summed E-state index contributed by atoms with van der Waals surface area (Å²) in [6.45, 7) is 2.83. The van der Waals surface area contributed by atoms with Gasteiger partial charge in [-0.1, -0.05) is 6.92 Å². The summed E-state index contributed by atoms with van der Waals surface area (Å²) >= 11 is 0. The number of nitrogens with zero attached hydrogens (tertiary/aromatic N) is 1. The molecule has 1 aromatic rings. The number of carbonyl (C=O) groups is 1. The minimum absolute atomic E-state index is 0.287. The Morgan fingerprint density at radius 3 is 2.50 bits per heavy atom. The van der Waals surface area contributed by atoms with Crippen LogP contribution in [0.1, 0.15) is 30.6 Å². The fourth-order valence-electron chi connectivity index (χ4n) is 1.43. The van der Waals surface area contributed by atoms with Crippen molar-refractivity contribution in [1.29, 1.82) is 0 Å². The maximum Gasteiger partial charge on any atom is 0.305 e. The van der Waals surface area contributed by atoms with Crippen LogP contribution in [-0.2, 0) is 0 Å². The van der Waals surface area contributed by atoms with Crippen LogP contribution >= 0.6 is 0 Å². The number of carbonyl (C=O) groups excluding carboxylic acids is 1. The molecule has 0 bridgehead atoms. The van der Waals surface area contributed by atoms with Crippen molar-refractivity contribution in [2.75, 3.05) is 6.61 Å². The van der Waals surface area contributed by atoms with Crippen LogP contribution in [0.25, 0.3) is 0 Å². The van der Waals surface area contributed by atoms with Gasteiger partial charge in [0, 0.05) is 12.1 Å². The molecule has 0 saturated heterocycles. The lowest BCUT2D eigenvalue weighted by molar-refractivity contribution is -0.387. The van der Waals surface area contributed by atoms with Crippen LogP contribution in [0.3, 0.4) is 0 Å². The number of nitro benzene ring substituents is 1. The first-order valence-electron chi connectivity index (χ1n) is 5.81. The van der Waals surface area contributed by atoms with Crippen LogP contribution in [0.2, 0.25) is 0 Å². The first kappa shape index (κ1) is 16.0. The van der Waals surface area contributed by atoms with Crippen LogP contribution < -0.4 is 5.32 Å². The first-order valence-corrected chi connectivity index (χ1v) is 5.81. The second kappa shape index (κ2) is 5.91. The third kappa shape index (κ3) is 3.27. The van der Waals surface area contributed by atoms with E-state index in [1.54, 1.807) is 6.92 Å². The summed E-state index contributed by atoms with van der Waals surface area (Å²) in [6, 6.07) is 0.822. The van der Waals surface area contributed by atoms with Crippen molar-refractivity contribution in [3.05, 3.63) is 39.4 Å². The summed E-state index contributed by atoms with van der Waals surface area (Å²) in [4.78, 5) is 21.4. The Balaban J connectivity index is 3.16. The number of aliphatic hydroxyl groups is 1. The quantitative estimate of drug-likeness (QED) is 0.638. The molecule has 0 aromatic heterocycles. The van der Waals surface area contributed by atoms with Crippen LogP contribution in [0.5, 0.6) is 0 Å². The average molecular weight is 288 g/mol. The van der Waals surface area contributed by atoms with Gasteiger partial charge in [-0.15, -0.1) is 0 Å². The lowest BCUT2D eigenvalue weighted by atomic mass is 9.99. The molecule has 0 radical (unpaired) electrons. The van der Waals surface area contributed by atoms with Gasteiger partial charge < -0.3 is 10.4 Å². The van der Waals surface area contributed by atoms with E-state index in [0.29, 0.717) is 12.5 Å². The number of hydrogen-bond donors (Lipinski definition) is 2. The predicted octanol–water partition coefficient (Wildman–Crippen LogP) is 1.76. The fraction of sp³-hybridized carbons (Fsp3) is 0.417. The number of rotatable bonds is 5. The Morgan fingerprint density at radius 2 is 2.05 bits per heavy atom. The third-order valence-electron chi connectivity index (χ3n) is 3.02. The molecule has 0 aliphatic heterocycles. The SMILES string of the molecule is CCC(C)(CO)NC(=O)c1cc([N+](=O)[O-])c(F)cc1F. The smallest absolute Gasteiger partial charge is 0.305 e. The lowest BCUT2D eigenvalue weighted by Crippen LogP contribution is -2.48. The van der Waals surface area contributed by atoms with Crippen LogP contribution in [0.15, 0.2) is 12.1 Å². The molecule has 1 amide bonds. The second-order valence-corrected chi connectivity index (χ2v) is 4.57. The molecule has 20 heavy (non-hydrogen) atoms. The van der Waals surface area contributed by atoms with Crippen molar-refractivity contribution in [3.8, 4) is 0 Å². The van der Waals surface area contributed by atoms with Gasteiger partial charge in [-0.2, -0.15) is 4.39 Å². The molecule has 0 spiro atoms. The van der Waals surface area contributed by atoms with Crippen LogP contribution in [-0.4, -0.2) is 28.1 Å². The number of benzene rings is 1. The zero-order valence-electron chi connectivity index (χ0n) is 10.9. The molecule has 110 valence electrons. The van der Waals surface area contributed by atoms with Crippen LogP contribution in [0, 0.1) is 21.7 Å². The van der Waals surface area contributed by atoms with E-state index in [9.17, 15) is 23.7 Å². The Kier molecular flexibility index (Phi) is 4.72. The van der Waals surface area contributed by atoms with Crippen molar-refractivity contribution >= 4 is 11.6 Å². The highest BCUT2D eigenvalue weighted by Gasteiger charge is 2.27. The van der Waals surface area contributed by atoms with Crippen LogP contribution in [0.4, 0.5) is 14.5 Å². The van der Waals surface area contributed by atoms with Crippen molar-refractivity contribution in [3.63, 3.8) is 0 Å². The van der Waals surface area contributed by atoms with Gasteiger partial charge >= 0.3 is 5.69 Å². The summed E-state index contributed by atoms with van der Waals surface area (Å²) < 4.78 is 26.7. The minimum Gasteiger partial charge on any atom is -0.394 e. The standard InChI is InChI=1S/C12H14F2N2O4/c1-3-12(2,6-17)15-11(18)7-4-10(16(19)20)9(14)5-8(7)13/h4-5,17H,3,6H2,1-2H3,(H,15,18). The molecule has 0 heterocycles. The summed E-state index contributed by atoms with van der Waals surface area (Å²) in [5.74, 6) is -3.52. The van der Waals surface area contributed by atoms with Gasteiger partial charge in [0.25, 0.3) is 5.91 Å². The predicted molar refractivity (Wildman–Crippen MR) is 66.3 cm³/mol. The lowest BCUT2D eigenvalue weighted by Gasteiger charge is -2.27. The summed E-state index contributed by atoms with van der Waals surface area (Å²) in [5, 5.41) is 22.1. The van der Waals surface area contributed by atoms with Crippen molar-refractivity contribution in [1.82, 2.24) is 5.32 Å². The van der Waals surface area contributed by atoms with Gasteiger partial charge in [-0.05, 0) is 13.3 Å². The molecule has 1 unspecified atom stereocenters. The molecule has 0 fully saturated rings. The Morgan fingerprint density at radius 1 is 1.45 bits per heavy atom. The van der Waals surface area contributed by atoms with E-state index < -0.39 is 39.3 Å². The largest absolute Gasteiger partial charge is 0.394 e. The summed E-state index contributed by atoms with van der Waals surface area (Å²) in [5.41, 5.74) is -2.63. The highest BCUT2D eigenvalue weighted by atomic mass is 19.1. The molecular formula is C12H14F2N2O4. The third-order valence-corrected chi connectivity index (χ3v) is 3.02. The van der Waals surface area contributed by atoms with E-state index >= 15 is 0 Å². The highest BCUT2D eigenvalue weighted by molar-refractivity contribution is 5.95. The average Bonchev–Trinajstić information content (AvgIpc) is 2.37. The number of halogens is 2. The van der Waals surface area contributed by atoms with E-state index in [2.05, 4.69) is 5.32 Å². The molecule has 0 aliphatic rings. The minimum atomic E-state index is -1.36. The first-order chi connectivity index (χ1) is 9.24. The zero-order chi connectivity index (χ0) is 15.5. The van der Waals surface area contributed by atoms with Gasteiger partial charge in [-0.3, -0.25) is 14.9 Å². The van der Waals surface area contributed by atoms with Gasteiger partial charge in [0.15, 0.2) is 0 Å². The maximum absolute atomic E-state index is 13.5. The monoisotopic (exact) mass is 288 g/mol. The van der Waals surface area contributed by atoms with E-state index in [1.165, 1.54) is 6.92 Å². The van der Waals surface area contributed by atoms with E-state index in [4.69, 9.17) is 5.11 Å². The highest BCUT2D eigenvalue weighted by Crippen LogP contribution is 2.22. The van der Waals surface area contributed by atoms with Gasteiger partial charge in [0.1, 0.15) is 5.82 Å². The summed E-state index contributed by atoms with van der Waals surface area (Å²) in [6.07, 6.45) is 0.361. The Bertz CT molecular complexity index is 545. The molecule has 8 heteroatoms. The Hall–Kier alpha value is -2.09. The number of aliphatic hydroxyl groups excluding tert-OH is 1. The molecule has 1 aromatic carbocycles. The molecule has 1 rings (SSSR count). The molecule has 1 atom stereocenters. The van der Waals surface area contributed by atoms with Gasteiger partial charge in [0.2, 0.25) is 5.82 Å². The van der Waals surface area contributed by atoms with Crippen molar-refractivity contribution in [2.24, 2.45) is 0 Å². The number of amides is 1. The van der Waals surface area contributed by atoms with Gasteiger partial charge in [0.05, 0.1) is 22.6 Å². The molecule has 6 nitrogen and oxygen atoms in total. The second-order valence-electron chi connectivity index (χ2n) is 4.57. The number of nitro groups is 1. The maximum atomic E-state index is 13.5. The topological polar surface area (TPSA) is 92.5 Å². The molecule has 0 aliphatic carbocycles.